The van der Waals surface area contributed by atoms with Gasteiger partial charge in [-0.15, -0.1) is 11.6 Å². The van der Waals surface area contributed by atoms with Crippen molar-refractivity contribution in [2.45, 2.75) is 5.88 Å². The van der Waals surface area contributed by atoms with Crippen molar-refractivity contribution in [1.82, 2.24) is 0 Å². The average molecular weight is 278 g/mol. The van der Waals surface area contributed by atoms with Crippen LogP contribution in [0.1, 0.15) is 11.1 Å². The summed E-state index contributed by atoms with van der Waals surface area (Å²) in [6.07, 6.45) is 0. The SMILES string of the molecule is N#Cc1ccccc1Oc1ccc(CCl)c(Cl)c1. The minimum Gasteiger partial charge on any atom is -0.456 e. The molecule has 90 valence electrons. The summed E-state index contributed by atoms with van der Waals surface area (Å²) in [7, 11) is 0. The van der Waals surface area contributed by atoms with E-state index < -0.39 is 0 Å². The standard InChI is InChI=1S/C14H9Cl2NO/c15-8-10-5-6-12(7-13(10)16)18-14-4-2-1-3-11(14)9-17/h1-7H,8H2. The van der Waals surface area contributed by atoms with Gasteiger partial charge in [0.15, 0.2) is 0 Å². The monoisotopic (exact) mass is 277 g/mol. The topological polar surface area (TPSA) is 33.0 Å². The van der Waals surface area contributed by atoms with Crippen LogP contribution in [0.15, 0.2) is 42.5 Å². The Balaban J connectivity index is 2.29. The molecule has 0 amide bonds. The van der Waals surface area contributed by atoms with Gasteiger partial charge in [0.1, 0.15) is 17.6 Å². The maximum absolute atomic E-state index is 8.96. The lowest BCUT2D eigenvalue weighted by molar-refractivity contribution is 0.481. The van der Waals surface area contributed by atoms with E-state index in [9.17, 15) is 0 Å². The number of nitriles is 1. The molecule has 2 aromatic rings. The zero-order valence-corrected chi connectivity index (χ0v) is 10.9. The van der Waals surface area contributed by atoms with Crippen LogP contribution in [0.3, 0.4) is 0 Å². The van der Waals surface area contributed by atoms with Crippen molar-refractivity contribution in [3.63, 3.8) is 0 Å². The van der Waals surface area contributed by atoms with Crippen molar-refractivity contribution < 1.29 is 4.74 Å². The normalized spacial score (nSPS) is 9.83. The summed E-state index contributed by atoms with van der Waals surface area (Å²) in [5.74, 6) is 1.44. The predicted octanol–water partition coefficient (Wildman–Crippen LogP) is 4.74. The largest absolute Gasteiger partial charge is 0.456 e. The predicted molar refractivity (Wildman–Crippen MR) is 72.2 cm³/mol. The van der Waals surface area contributed by atoms with Crippen LogP contribution in [-0.2, 0) is 5.88 Å². The van der Waals surface area contributed by atoms with Gasteiger partial charge in [-0.3, -0.25) is 0 Å². The second kappa shape index (κ2) is 5.77. The molecular weight excluding hydrogens is 269 g/mol. The van der Waals surface area contributed by atoms with E-state index in [0.717, 1.165) is 5.56 Å². The zero-order chi connectivity index (χ0) is 13.0. The molecule has 0 N–H and O–H groups in total. The number of hydrogen-bond acceptors (Lipinski definition) is 2. The summed E-state index contributed by atoms with van der Waals surface area (Å²) in [4.78, 5) is 0. The number of rotatable bonds is 3. The van der Waals surface area contributed by atoms with E-state index in [0.29, 0.717) is 28.0 Å². The minimum absolute atomic E-state index is 0.355. The molecule has 0 aliphatic rings. The third-order valence-corrected chi connectivity index (χ3v) is 3.04. The first kappa shape index (κ1) is 12.8. The molecule has 0 aliphatic heterocycles. The van der Waals surface area contributed by atoms with Gasteiger partial charge in [-0.1, -0.05) is 29.8 Å². The van der Waals surface area contributed by atoms with Gasteiger partial charge in [0, 0.05) is 10.9 Å². The maximum Gasteiger partial charge on any atom is 0.145 e. The molecule has 2 aromatic carbocycles. The van der Waals surface area contributed by atoms with Gasteiger partial charge in [0.25, 0.3) is 0 Å². The number of nitrogens with zero attached hydrogens (tertiary/aromatic N) is 1. The molecular formula is C14H9Cl2NO. The summed E-state index contributed by atoms with van der Waals surface area (Å²) in [6, 6.07) is 14.4. The van der Waals surface area contributed by atoms with E-state index in [-0.39, 0.29) is 0 Å². The van der Waals surface area contributed by atoms with E-state index in [4.69, 9.17) is 33.2 Å². The highest BCUT2D eigenvalue weighted by Gasteiger charge is 2.06. The Morgan fingerprint density at radius 2 is 1.94 bits per heavy atom. The molecule has 4 heteroatoms. The molecule has 0 fully saturated rings. The number of para-hydroxylation sites is 1. The highest BCUT2D eigenvalue weighted by atomic mass is 35.5. The third kappa shape index (κ3) is 2.76. The summed E-state index contributed by atoms with van der Waals surface area (Å²) in [5.41, 5.74) is 1.33. The molecule has 2 rings (SSSR count). The molecule has 0 heterocycles. The van der Waals surface area contributed by atoms with Gasteiger partial charge in [-0.2, -0.15) is 5.26 Å². The number of ether oxygens (including phenoxy) is 1. The number of benzene rings is 2. The number of hydrogen-bond donors (Lipinski definition) is 0. The lowest BCUT2D eigenvalue weighted by atomic mass is 10.2. The lowest BCUT2D eigenvalue weighted by Crippen LogP contribution is -1.89. The van der Waals surface area contributed by atoms with Crippen LogP contribution >= 0.6 is 23.2 Å². The molecule has 0 saturated heterocycles. The maximum atomic E-state index is 8.96. The van der Waals surface area contributed by atoms with Crippen LogP contribution in [-0.4, -0.2) is 0 Å². The Morgan fingerprint density at radius 3 is 2.61 bits per heavy atom. The third-order valence-electron chi connectivity index (χ3n) is 2.40. The van der Waals surface area contributed by atoms with Gasteiger partial charge in [-0.25, -0.2) is 0 Å². The van der Waals surface area contributed by atoms with Crippen molar-refractivity contribution in [2.24, 2.45) is 0 Å². The first-order valence-electron chi connectivity index (χ1n) is 5.26. The van der Waals surface area contributed by atoms with Crippen molar-refractivity contribution in [3.05, 3.63) is 58.6 Å². The molecule has 0 spiro atoms. The number of halogens is 2. The van der Waals surface area contributed by atoms with Gasteiger partial charge >= 0.3 is 0 Å². The van der Waals surface area contributed by atoms with Crippen molar-refractivity contribution in [2.75, 3.05) is 0 Å². The first-order chi connectivity index (χ1) is 8.74. The highest BCUT2D eigenvalue weighted by Crippen LogP contribution is 2.29. The van der Waals surface area contributed by atoms with E-state index in [1.54, 1.807) is 36.4 Å². The van der Waals surface area contributed by atoms with Gasteiger partial charge < -0.3 is 4.74 Å². The average Bonchev–Trinajstić information content (AvgIpc) is 2.39. The summed E-state index contributed by atoms with van der Waals surface area (Å²) in [6.45, 7) is 0. The van der Waals surface area contributed by atoms with Gasteiger partial charge in [-0.05, 0) is 29.8 Å². The minimum atomic E-state index is 0.355. The Morgan fingerprint density at radius 1 is 1.17 bits per heavy atom. The zero-order valence-electron chi connectivity index (χ0n) is 9.36. The molecule has 0 aromatic heterocycles. The Labute approximate surface area is 115 Å². The van der Waals surface area contributed by atoms with Crippen molar-refractivity contribution >= 4 is 23.2 Å². The highest BCUT2D eigenvalue weighted by molar-refractivity contribution is 6.32. The van der Waals surface area contributed by atoms with Crippen LogP contribution in [0, 0.1) is 11.3 Å². The van der Waals surface area contributed by atoms with Crippen LogP contribution in [0.25, 0.3) is 0 Å². The van der Waals surface area contributed by atoms with Crippen LogP contribution in [0.4, 0.5) is 0 Å². The fraction of sp³-hybridized carbons (Fsp3) is 0.0714. The lowest BCUT2D eigenvalue weighted by Gasteiger charge is -2.08. The van der Waals surface area contributed by atoms with E-state index in [1.807, 2.05) is 6.07 Å². The van der Waals surface area contributed by atoms with E-state index in [2.05, 4.69) is 6.07 Å². The first-order valence-corrected chi connectivity index (χ1v) is 6.17. The number of alkyl halides is 1. The van der Waals surface area contributed by atoms with E-state index >= 15 is 0 Å². The summed E-state index contributed by atoms with van der Waals surface area (Å²) < 4.78 is 5.63. The quantitative estimate of drug-likeness (QED) is 0.759. The van der Waals surface area contributed by atoms with Crippen LogP contribution < -0.4 is 4.74 Å². The molecule has 0 saturated carbocycles. The summed E-state index contributed by atoms with van der Waals surface area (Å²) >= 11 is 11.8. The fourth-order valence-electron chi connectivity index (χ4n) is 1.47. The fourth-order valence-corrected chi connectivity index (χ4v) is 2.01. The van der Waals surface area contributed by atoms with Crippen molar-refractivity contribution in [1.29, 1.82) is 5.26 Å². The molecule has 18 heavy (non-hydrogen) atoms. The van der Waals surface area contributed by atoms with Crippen LogP contribution in [0.2, 0.25) is 5.02 Å². The van der Waals surface area contributed by atoms with Gasteiger partial charge in [0.05, 0.1) is 5.56 Å². The molecule has 2 nitrogen and oxygen atoms in total. The molecule has 0 aliphatic carbocycles. The summed E-state index contributed by atoms with van der Waals surface area (Å²) in [5, 5.41) is 9.51. The van der Waals surface area contributed by atoms with E-state index in [1.165, 1.54) is 0 Å². The molecule has 0 unspecified atom stereocenters. The van der Waals surface area contributed by atoms with Crippen molar-refractivity contribution in [3.8, 4) is 17.6 Å². The molecule has 0 bridgehead atoms. The van der Waals surface area contributed by atoms with Crippen LogP contribution in [0.5, 0.6) is 11.5 Å². The molecule has 0 radical (unpaired) electrons. The molecule has 0 atom stereocenters. The second-order valence-corrected chi connectivity index (χ2v) is 4.27. The second-order valence-electron chi connectivity index (χ2n) is 3.60. The Hall–Kier alpha value is -1.69. The smallest absolute Gasteiger partial charge is 0.145 e. The Kier molecular flexibility index (Phi) is 4.09. The van der Waals surface area contributed by atoms with Gasteiger partial charge in [0.2, 0.25) is 0 Å². The Bertz CT molecular complexity index is 605.